The molecule has 0 radical (unpaired) electrons. The van der Waals surface area contributed by atoms with Crippen molar-refractivity contribution in [3.8, 4) is 17.2 Å². The molecule has 2 N–H and O–H groups in total. The lowest BCUT2D eigenvalue weighted by molar-refractivity contribution is -0.274. The van der Waals surface area contributed by atoms with Gasteiger partial charge in [-0.1, -0.05) is 74.5 Å². The van der Waals surface area contributed by atoms with E-state index in [4.69, 9.17) is 9.47 Å². The molecule has 8 nitrogen and oxygen atoms in total. The number of Topliss-reactive ketones (excluding diaryl/α,β-unsaturated/α-hetero) is 1. The number of ether oxygens (including phenoxy) is 3. The lowest BCUT2D eigenvalue weighted by Crippen LogP contribution is -2.67. The van der Waals surface area contributed by atoms with Gasteiger partial charge in [0, 0.05) is 33.9 Å². The lowest BCUT2D eigenvalue weighted by atomic mass is 9.32. The van der Waals surface area contributed by atoms with E-state index in [0.717, 1.165) is 23.6 Å². The molecule has 0 aromatic heterocycles. The zero-order valence-electron chi connectivity index (χ0n) is 34.0. The van der Waals surface area contributed by atoms with E-state index in [2.05, 4.69) is 36.8 Å². The van der Waals surface area contributed by atoms with E-state index in [1.807, 2.05) is 30.3 Å². The van der Waals surface area contributed by atoms with E-state index in [0.29, 0.717) is 60.3 Å². The van der Waals surface area contributed by atoms with Crippen molar-refractivity contribution in [3.05, 3.63) is 126 Å². The number of carbonyl (C=O) groups is 2. The Morgan fingerprint density at radius 1 is 0.800 bits per heavy atom. The number of aliphatic hydroxyl groups is 2. The number of fused-ring (bicyclic) bond motifs is 2. The van der Waals surface area contributed by atoms with E-state index in [9.17, 15) is 33.0 Å². The molecule has 8 unspecified atom stereocenters. The fourth-order valence-corrected chi connectivity index (χ4v) is 12.4. The quantitative estimate of drug-likeness (QED) is 0.128. The van der Waals surface area contributed by atoms with Crippen molar-refractivity contribution in [1.29, 1.82) is 0 Å². The molecule has 0 aliphatic heterocycles. The predicted octanol–water partition coefficient (Wildman–Crippen LogP) is 10.2. The third-order valence-corrected chi connectivity index (χ3v) is 15.5. The number of carbonyl (C=O) groups excluding carboxylic acids is 2. The van der Waals surface area contributed by atoms with Crippen LogP contribution in [0, 0.1) is 33.5 Å². The van der Waals surface area contributed by atoms with Crippen molar-refractivity contribution < 1.29 is 47.2 Å². The van der Waals surface area contributed by atoms with Crippen LogP contribution < -0.4 is 14.2 Å². The van der Waals surface area contributed by atoms with Crippen LogP contribution in [0.5, 0.6) is 17.2 Å². The van der Waals surface area contributed by atoms with Crippen LogP contribution in [0.3, 0.4) is 0 Å². The average molecular weight is 822 g/mol. The number of amides is 1. The molecule has 4 aromatic carbocycles. The largest absolute Gasteiger partial charge is 0.573 e. The molecule has 60 heavy (non-hydrogen) atoms. The number of methoxy groups -OCH3 is 1. The van der Waals surface area contributed by atoms with Gasteiger partial charge in [-0.2, -0.15) is 0 Å². The van der Waals surface area contributed by atoms with Gasteiger partial charge >= 0.3 is 12.5 Å². The first kappa shape index (κ1) is 40.3. The maximum absolute atomic E-state index is 15.0. The first-order chi connectivity index (χ1) is 28.5. The van der Waals surface area contributed by atoms with E-state index in [1.165, 1.54) is 29.2 Å². The number of hydrogen-bond donors (Lipinski definition) is 2. The van der Waals surface area contributed by atoms with Crippen LogP contribution in [-0.2, 0) is 6.54 Å². The summed E-state index contributed by atoms with van der Waals surface area (Å²) < 4.78 is 54.5. The Morgan fingerprint density at radius 2 is 1.45 bits per heavy atom. The van der Waals surface area contributed by atoms with E-state index < -0.39 is 40.4 Å². The molecule has 8 atom stereocenters. The Kier molecular flexibility index (Phi) is 9.55. The fourth-order valence-electron chi connectivity index (χ4n) is 12.4. The number of rotatable bonds is 9. The summed E-state index contributed by atoms with van der Waals surface area (Å²) >= 11 is 0. The van der Waals surface area contributed by atoms with Gasteiger partial charge in [-0.25, -0.2) is 4.79 Å². The van der Waals surface area contributed by atoms with E-state index >= 15 is 0 Å². The summed E-state index contributed by atoms with van der Waals surface area (Å²) in [6.07, 6.45) is 4.94. The van der Waals surface area contributed by atoms with Gasteiger partial charge in [-0.05, 0) is 127 Å². The summed E-state index contributed by atoms with van der Waals surface area (Å²) in [5.41, 5.74) is -1.89. The number of alkyl halides is 3. The van der Waals surface area contributed by atoms with Crippen LogP contribution in [-0.4, -0.2) is 58.7 Å². The highest BCUT2D eigenvalue weighted by molar-refractivity contribution is 6.10. The molecule has 4 aromatic rings. The van der Waals surface area contributed by atoms with Crippen LogP contribution in [0.4, 0.5) is 18.0 Å². The maximum Gasteiger partial charge on any atom is 0.573 e. The molecule has 1 amide bonds. The summed E-state index contributed by atoms with van der Waals surface area (Å²) in [5, 5.41) is 26.1. The summed E-state index contributed by atoms with van der Waals surface area (Å²) in [6.45, 7) is 4.25. The topological polar surface area (TPSA) is 106 Å². The zero-order valence-corrected chi connectivity index (χ0v) is 34.0. The highest BCUT2D eigenvalue weighted by atomic mass is 19.4. The van der Waals surface area contributed by atoms with Gasteiger partial charge in [0.05, 0.1) is 25.4 Å². The minimum Gasteiger partial charge on any atom is -0.497 e. The van der Waals surface area contributed by atoms with Crippen LogP contribution in [0.1, 0.15) is 74.7 Å². The molecule has 11 heteroatoms. The summed E-state index contributed by atoms with van der Waals surface area (Å²) in [5.74, 6) is 0.378. The van der Waals surface area contributed by atoms with Gasteiger partial charge in [-0.15, -0.1) is 13.2 Å². The standard InChI is InChI=1S/C49H50F3NO7/c1-44-21-18-35(54)27-46(44)24-25-48(39(28-46)42(55)33-11-15-36(58-3)16-12-33)40(44)19-22-45(2)41(48)20-23-47(45,57)30-53(29-31-8-13-37(14-9-31)60-49(50,51)52)43(56)59-38-17-10-32-6-4-5-7-34(32)26-38/h4-17,24-26,28,35,40-41,54,57H,18-23,27,29-30H2,1-3H3. The Hall–Kier alpha value is -5.13. The number of aliphatic hydroxyl groups excluding tert-OH is 1. The van der Waals surface area contributed by atoms with Gasteiger partial charge < -0.3 is 29.3 Å². The lowest BCUT2D eigenvalue weighted by Gasteiger charge is -2.71. The van der Waals surface area contributed by atoms with Gasteiger partial charge in [0.1, 0.15) is 17.2 Å². The van der Waals surface area contributed by atoms with Crippen molar-refractivity contribution in [2.45, 2.75) is 83.4 Å². The number of halogens is 3. The van der Waals surface area contributed by atoms with Crippen LogP contribution in [0.2, 0.25) is 0 Å². The van der Waals surface area contributed by atoms with Crippen LogP contribution in [0.15, 0.2) is 115 Å². The SMILES string of the molecule is COc1ccc(C(=O)C2=CC34C=CC25C(CCC2(C)C5CCC2(O)CN(Cc2ccc(OC(F)(F)F)cc2)C(=O)Oc2ccc5ccccc5c2)C3(C)CCC(O)C4)cc1. The molecular weight excluding hydrogens is 772 g/mol. The van der Waals surface area contributed by atoms with Crippen LogP contribution in [0.25, 0.3) is 10.8 Å². The molecule has 314 valence electrons. The molecule has 6 aliphatic carbocycles. The first-order valence-corrected chi connectivity index (χ1v) is 20.8. The third kappa shape index (κ3) is 6.33. The van der Waals surface area contributed by atoms with Crippen molar-refractivity contribution in [1.82, 2.24) is 4.90 Å². The minimum atomic E-state index is -4.86. The Labute approximate surface area is 347 Å². The van der Waals surface area contributed by atoms with Crippen LogP contribution >= 0.6 is 0 Å². The van der Waals surface area contributed by atoms with Crippen molar-refractivity contribution >= 4 is 22.6 Å². The second-order valence-electron chi connectivity index (χ2n) is 18.3. The molecule has 3 saturated carbocycles. The first-order valence-electron chi connectivity index (χ1n) is 20.8. The normalized spacial score (nSPS) is 32.7. The molecule has 3 fully saturated rings. The number of hydrogen-bond acceptors (Lipinski definition) is 7. The molecule has 6 aliphatic rings. The predicted molar refractivity (Wildman–Crippen MR) is 219 cm³/mol. The van der Waals surface area contributed by atoms with Gasteiger partial charge in [0.15, 0.2) is 5.78 Å². The molecule has 2 spiro atoms. The third-order valence-electron chi connectivity index (χ3n) is 15.5. The summed E-state index contributed by atoms with van der Waals surface area (Å²) in [6, 6.07) is 25.5. The Balaban J connectivity index is 1.08. The molecule has 0 heterocycles. The second kappa shape index (κ2) is 14.2. The summed E-state index contributed by atoms with van der Waals surface area (Å²) in [4.78, 5) is 30.8. The Morgan fingerprint density at radius 3 is 2.17 bits per heavy atom. The van der Waals surface area contributed by atoms with Crippen molar-refractivity contribution in [2.24, 2.45) is 33.5 Å². The number of allylic oxidation sites excluding steroid dienone is 4. The van der Waals surface area contributed by atoms with E-state index in [-0.39, 0.29) is 41.9 Å². The molecular formula is C49H50F3NO7. The zero-order chi connectivity index (χ0) is 42.3. The fraction of sp³-hybridized carbons (Fsp3) is 0.429. The average Bonchev–Trinajstić information content (AvgIpc) is 3.50. The second-order valence-corrected chi connectivity index (χ2v) is 18.3. The van der Waals surface area contributed by atoms with Gasteiger partial charge in [-0.3, -0.25) is 4.79 Å². The smallest absolute Gasteiger partial charge is 0.497 e. The highest BCUT2D eigenvalue weighted by Gasteiger charge is 2.74. The van der Waals surface area contributed by atoms with E-state index in [1.54, 1.807) is 43.5 Å². The Bertz CT molecular complexity index is 2400. The number of benzene rings is 4. The molecule has 0 saturated heterocycles. The van der Waals surface area contributed by atoms with Gasteiger partial charge in [0.2, 0.25) is 0 Å². The number of ketones is 1. The highest BCUT2D eigenvalue weighted by Crippen LogP contribution is 2.78. The molecule has 10 rings (SSSR count). The summed E-state index contributed by atoms with van der Waals surface area (Å²) in [7, 11) is 1.58. The van der Waals surface area contributed by atoms with Crippen molar-refractivity contribution in [3.63, 3.8) is 0 Å². The van der Waals surface area contributed by atoms with Gasteiger partial charge in [0.25, 0.3) is 0 Å². The van der Waals surface area contributed by atoms with Crippen molar-refractivity contribution in [2.75, 3.05) is 13.7 Å². The number of nitrogens with zero attached hydrogens (tertiary/aromatic N) is 1. The minimum absolute atomic E-state index is 0.0561. The molecule has 2 bridgehead atoms. The maximum atomic E-state index is 15.0. The monoisotopic (exact) mass is 821 g/mol.